The molecule has 162 valence electrons. The molecule has 7 nitrogen and oxygen atoms in total. The summed E-state index contributed by atoms with van der Waals surface area (Å²) in [5.74, 6) is -0.676. The molecule has 0 aliphatic carbocycles. The lowest BCUT2D eigenvalue weighted by atomic mass is 10.0. The fraction of sp³-hybridized carbons (Fsp3) is 0.522. The van der Waals surface area contributed by atoms with Crippen LogP contribution in [0, 0.1) is 0 Å². The number of nitrogens with zero attached hydrogens (tertiary/aromatic N) is 1. The van der Waals surface area contributed by atoms with Gasteiger partial charge in [0.25, 0.3) is 0 Å². The standard InChI is InChI=1S/C23H30N2O5/c1-23(2,3)30-22(28)24-18-12-8-7-11-17-13-14-19(25(17)20(18)26)21(27)29-15-16-9-5-4-6-10-16/h4-10,17-19H,11-15H2,1-3H3,(H,24,28)/b8-7-/t17-,18-,19+/m0/s1. The average Bonchev–Trinajstić information content (AvgIpc) is 3.09. The molecule has 7 heteroatoms. The van der Waals surface area contributed by atoms with Crippen molar-refractivity contribution >= 4 is 18.0 Å². The van der Waals surface area contributed by atoms with E-state index >= 15 is 0 Å². The highest BCUT2D eigenvalue weighted by molar-refractivity contribution is 5.90. The van der Waals surface area contributed by atoms with Crippen molar-refractivity contribution in [2.45, 2.75) is 76.8 Å². The molecule has 1 aromatic carbocycles. The molecule has 2 heterocycles. The van der Waals surface area contributed by atoms with Gasteiger partial charge in [0.15, 0.2) is 0 Å². The third-order valence-electron chi connectivity index (χ3n) is 5.19. The number of rotatable bonds is 4. The van der Waals surface area contributed by atoms with Crippen LogP contribution in [0.15, 0.2) is 42.5 Å². The summed E-state index contributed by atoms with van der Waals surface area (Å²) in [5.41, 5.74) is 0.233. The monoisotopic (exact) mass is 414 g/mol. The van der Waals surface area contributed by atoms with E-state index in [2.05, 4.69) is 5.32 Å². The van der Waals surface area contributed by atoms with Gasteiger partial charge in [0.1, 0.15) is 24.3 Å². The number of fused-ring (bicyclic) bond motifs is 1. The second kappa shape index (κ2) is 9.32. The largest absolute Gasteiger partial charge is 0.459 e. The van der Waals surface area contributed by atoms with Crippen LogP contribution >= 0.6 is 0 Å². The Morgan fingerprint density at radius 3 is 2.50 bits per heavy atom. The van der Waals surface area contributed by atoms with E-state index in [-0.39, 0.29) is 18.6 Å². The molecule has 2 aliphatic rings. The van der Waals surface area contributed by atoms with E-state index in [9.17, 15) is 14.4 Å². The van der Waals surface area contributed by atoms with Crippen molar-refractivity contribution in [1.29, 1.82) is 0 Å². The number of carbonyl (C=O) groups is 3. The highest BCUT2D eigenvalue weighted by Gasteiger charge is 2.44. The van der Waals surface area contributed by atoms with E-state index in [1.807, 2.05) is 42.5 Å². The molecular weight excluding hydrogens is 384 g/mol. The molecule has 1 fully saturated rings. The first-order chi connectivity index (χ1) is 14.2. The van der Waals surface area contributed by atoms with E-state index < -0.39 is 29.7 Å². The first-order valence-electron chi connectivity index (χ1n) is 10.4. The number of esters is 1. The van der Waals surface area contributed by atoms with Gasteiger partial charge in [0, 0.05) is 6.04 Å². The molecule has 0 saturated carbocycles. The molecule has 3 atom stereocenters. The summed E-state index contributed by atoms with van der Waals surface area (Å²) >= 11 is 0. The summed E-state index contributed by atoms with van der Waals surface area (Å²) < 4.78 is 10.8. The maximum Gasteiger partial charge on any atom is 0.408 e. The summed E-state index contributed by atoms with van der Waals surface area (Å²) in [7, 11) is 0. The van der Waals surface area contributed by atoms with E-state index in [0.717, 1.165) is 12.0 Å². The number of amides is 2. The van der Waals surface area contributed by atoms with Crippen LogP contribution in [0.1, 0.15) is 52.0 Å². The van der Waals surface area contributed by atoms with Gasteiger partial charge in [-0.15, -0.1) is 0 Å². The van der Waals surface area contributed by atoms with Crippen LogP contribution in [0.2, 0.25) is 0 Å². The predicted molar refractivity (Wildman–Crippen MR) is 111 cm³/mol. The molecule has 0 spiro atoms. The summed E-state index contributed by atoms with van der Waals surface area (Å²) in [6.07, 6.45) is 5.58. The molecule has 0 aromatic heterocycles. The highest BCUT2D eigenvalue weighted by atomic mass is 16.6. The number of hydrogen-bond donors (Lipinski definition) is 1. The van der Waals surface area contributed by atoms with Gasteiger partial charge in [-0.3, -0.25) is 4.79 Å². The quantitative estimate of drug-likeness (QED) is 0.603. The van der Waals surface area contributed by atoms with Crippen molar-refractivity contribution in [3.05, 3.63) is 48.0 Å². The Kier molecular flexibility index (Phi) is 6.80. The van der Waals surface area contributed by atoms with E-state index in [0.29, 0.717) is 19.3 Å². The Morgan fingerprint density at radius 1 is 1.10 bits per heavy atom. The van der Waals surface area contributed by atoms with Crippen molar-refractivity contribution in [3.8, 4) is 0 Å². The van der Waals surface area contributed by atoms with E-state index in [1.165, 1.54) is 0 Å². The van der Waals surface area contributed by atoms with Crippen molar-refractivity contribution in [1.82, 2.24) is 10.2 Å². The molecule has 1 aromatic rings. The van der Waals surface area contributed by atoms with Crippen LogP contribution in [0.4, 0.5) is 4.79 Å². The van der Waals surface area contributed by atoms with Crippen LogP contribution in [0.5, 0.6) is 0 Å². The van der Waals surface area contributed by atoms with Gasteiger partial charge in [0.05, 0.1) is 0 Å². The number of hydrogen-bond acceptors (Lipinski definition) is 5. The maximum atomic E-state index is 13.3. The number of nitrogens with one attached hydrogen (secondary N) is 1. The summed E-state index contributed by atoms with van der Waals surface area (Å²) in [6.45, 7) is 5.47. The number of benzene rings is 1. The second-order valence-corrected chi connectivity index (χ2v) is 8.73. The van der Waals surface area contributed by atoms with Gasteiger partial charge >= 0.3 is 12.1 Å². The lowest BCUT2D eigenvalue weighted by Crippen LogP contribution is -2.55. The Morgan fingerprint density at radius 2 is 1.80 bits per heavy atom. The van der Waals surface area contributed by atoms with Crippen molar-refractivity contribution in [3.63, 3.8) is 0 Å². The number of carbonyl (C=O) groups excluding carboxylic acids is 3. The maximum absolute atomic E-state index is 13.3. The molecule has 1 N–H and O–H groups in total. The van der Waals surface area contributed by atoms with Gasteiger partial charge in [-0.25, -0.2) is 9.59 Å². The van der Waals surface area contributed by atoms with E-state index in [4.69, 9.17) is 9.47 Å². The minimum Gasteiger partial charge on any atom is -0.459 e. The first kappa shape index (κ1) is 21.9. The zero-order chi connectivity index (χ0) is 21.7. The topological polar surface area (TPSA) is 84.9 Å². The second-order valence-electron chi connectivity index (χ2n) is 8.73. The molecule has 0 bridgehead atoms. The molecule has 0 radical (unpaired) electrons. The lowest BCUT2D eigenvalue weighted by molar-refractivity contribution is -0.156. The fourth-order valence-electron chi connectivity index (χ4n) is 3.84. The highest BCUT2D eigenvalue weighted by Crippen LogP contribution is 2.30. The van der Waals surface area contributed by atoms with Gasteiger partial charge in [-0.2, -0.15) is 0 Å². The van der Waals surface area contributed by atoms with Crippen LogP contribution in [0.3, 0.4) is 0 Å². The Balaban J connectivity index is 1.69. The Labute approximate surface area is 177 Å². The molecule has 30 heavy (non-hydrogen) atoms. The first-order valence-corrected chi connectivity index (χ1v) is 10.4. The van der Waals surface area contributed by atoms with Gasteiger partial charge in [0.2, 0.25) is 5.91 Å². The Bertz CT molecular complexity index is 800. The van der Waals surface area contributed by atoms with Crippen LogP contribution < -0.4 is 5.32 Å². The third-order valence-corrected chi connectivity index (χ3v) is 5.19. The van der Waals surface area contributed by atoms with Crippen LogP contribution in [-0.4, -0.2) is 46.6 Å². The molecule has 3 rings (SSSR count). The molecular formula is C23H30N2O5. The summed E-state index contributed by atoms with van der Waals surface area (Å²) in [4.78, 5) is 39.9. The zero-order valence-electron chi connectivity index (χ0n) is 17.8. The molecule has 2 amide bonds. The predicted octanol–water partition coefficient (Wildman–Crippen LogP) is 3.33. The van der Waals surface area contributed by atoms with Gasteiger partial charge < -0.3 is 19.7 Å². The number of alkyl carbamates (subject to hydrolysis) is 1. The average molecular weight is 415 g/mol. The minimum absolute atomic E-state index is 0.0775. The van der Waals surface area contributed by atoms with Crippen molar-refractivity contribution in [2.75, 3.05) is 0 Å². The lowest BCUT2D eigenvalue weighted by Gasteiger charge is -2.33. The molecule has 1 saturated heterocycles. The van der Waals surface area contributed by atoms with Crippen molar-refractivity contribution in [2.24, 2.45) is 0 Å². The molecule has 0 unspecified atom stereocenters. The van der Waals surface area contributed by atoms with E-state index in [1.54, 1.807) is 25.7 Å². The van der Waals surface area contributed by atoms with Crippen LogP contribution in [0.25, 0.3) is 0 Å². The number of ether oxygens (including phenoxy) is 2. The smallest absolute Gasteiger partial charge is 0.408 e. The van der Waals surface area contributed by atoms with Crippen LogP contribution in [-0.2, 0) is 25.7 Å². The Hall–Kier alpha value is -2.83. The van der Waals surface area contributed by atoms with Gasteiger partial charge in [-0.05, 0) is 52.0 Å². The normalized spacial score (nSPS) is 25.0. The fourth-order valence-corrected chi connectivity index (χ4v) is 3.84. The van der Waals surface area contributed by atoms with Crippen molar-refractivity contribution < 1.29 is 23.9 Å². The van der Waals surface area contributed by atoms with Gasteiger partial charge in [-0.1, -0.05) is 42.5 Å². The SMILES string of the molecule is CC(C)(C)OC(=O)N[C@H]1C/C=C\C[C@H]2CC[C@H](C(=O)OCc3ccccc3)N2C1=O. The zero-order valence-corrected chi connectivity index (χ0v) is 17.8. The summed E-state index contributed by atoms with van der Waals surface area (Å²) in [6, 6.07) is 7.95. The summed E-state index contributed by atoms with van der Waals surface area (Å²) in [5, 5.41) is 2.67. The third kappa shape index (κ3) is 5.62. The minimum atomic E-state index is -0.776. The molecule has 2 aliphatic heterocycles.